The quantitative estimate of drug-likeness (QED) is 0.579. The lowest BCUT2D eigenvalue weighted by Gasteiger charge is -2.02. The minimum atomic E-state index is -0.247. The first kappa shape index (κ1) is 12.3. The van der Waals surface area contributed by atoms with Crippen LogP contribution in [0.15, 0.2) is 10.5 Å². The van der Waals surface area contributed by atoms with Gasteiger partial charge in [-0.3, -0.25) is 14.9 Å². The highest BCUT2D eigenvalue weighted by molar-refractivity contribution is 8.18. The SMILES string of the molecule is CCCCCC/C(C)=C1/SC(=O)NC1=O. The number of allylic oxidation sites excluding steroid dienone is 1. The normalized spacial score (nSPS) is 19.3. The second-order valence-corrected chi connectivity index (χ2v) is 4.75. The Morgan fingerprint density at radius 2 is 2.00 bits per heavy atom. The molecule has 0 saturated carbocycles. The van der Waals surface area contributed by atoms with Crippen molar-refractivity contribution in [2.75, 3.05) is 0 Å². The number of hydrogen-bond acceptors (Lipinski definition) is 3. The number of amides is 2. The molecule has 15 heavy (non-hydrogen) atoms. The summed E-state index contributed by atoms with van der Waals surface area (Å²) in [6, 6.07) is 0. The number of carbonyl (C=O) groups excluding carboxylic acids is 2. The maximum absolute atomic E-state index is 11.3. The molecule has 84 valence electrons. The third-order valence-corrected chi connectivity index (χ3v) is 3.43. The van der Waals surface area contributed by atoms with Crippen LogP contribution < -0.4 is 5.32 Å². The Hall–Kier alpha value is -0.770. The number of nitrogens with one attached hydrogen (secondary N) is 1. The predicted molar refractivity (Wildman–Crippen MR) is 62.6 cm³/mol. The van der Waals surface area contributed by atoms with Gasteiger partial charge < -0.3 is 0 Å². The number of rotatable bonds is 5. The average Bonchev–Trinajstić information content (AvgIpc) is 2.52. The van der Waals surface area contributed by atoms with E-state index in [1.165, 1.54) is 19.3 Å². The summed E-state index contributed by atoms with van der Waals surface area (Å²) in [6.07, 6.45) is 5.67. The van der Waals surface area contributed by atoms with Crippen LogP contribution in [0.4, 0.5) is 4.79 Å². The minimum absolute atomic E-state index is 0.224. The van der Waals surface area contributed by atoms with E-state index >= 15 is 0 Å². The molecule has 1 rings (SSSR count). The first-order chi connectivity index (χ1) is 7.15. The van der Waals surface area contributed by atoms with Gasteiger partial charge in [0.15, 0.2) is 0 Å². The molecule has 1 saturated heterocycles. The second-order valence-electron chi connectivity index (χ2n) is 3.76. The van der Waals surface area contributed by atoms with Gasteiger partial charge in [-0.1, -0.05) is 31.8 Å². The molecule has 2 amide bonds. The van der Waals surface area contributed by atoms with Crippen molar-refractivity contribution < 1.29 is 9.59 Å². The van der Waals surface area contributed by atoms with Crippen molar-refractivity contribution in [3.8, 4) is 0 Å². The molecule has 0 aromatic carbocycles. The smallest absolute Gasteiger partial charge is 0.282 e. The first-order valence-corrected chi connectivity index (χ1v) is 6.19. The van der Waals surface area contributed by atoms with E-state index in [2.05, 4.69) is 12.2 Å². The van der Waals surface area contributed by atoms with Gasteiger partial charge in [0.25, 0.3) is 11.1 Å². The highest BCUT2D eigenvalue weighted by Gasteiger charge is 2.26. The molecule has 0 atom stereocenters. The van der Waals surface area contributed by atoms with Crippen LogP contribution in [0, 0.1) is 0 Å². The molecule has 0 aromatic heterocycles. The molecule has 3 nitrogen and oxygen atoms in total. The Morgan fingerprint density at radius 1 is 1.27 bits per heavy atom. The predicted octanol–water partition coefficient (Wildman–Crippen LogP) is 3.21. The summed E-state index contributed by atoms with van der Waals surface area (Å²) in [4.78, 5) is 22.9. The molecular weight excluding hydrogens is 210 g/mol. The van der Waals surface area contributed by atoms with Gasteiger partial charge in [-0.05, 0) is 31.5 Å². The van der Waals surface area contributed by atoms with Gasteiger partial charge in [-0.15, -0.1) is 0 Å². The van der Waals surface area contributed by atoms with Crippen LogP contribution in [-0.4, -0.2) is 11.1 Å². The van der Waals surface area contributed by atoms with Crippen LogP contribution >= 0.6 is 11.8 Å². The Kier molecular flexibility index (Phi) is 4.88. The lowest BCUT2D eigenvalue weighted by molar-refractivity contribution is -0.115. The summed E-state index contributed by atoms with van der Waals surface area (Å²) < 4.78 is 0. The maximum atomic E-state index is 11.3. The fourth-order valence-electron chi connectivity index (χ4n) is 1.53. The lowest BCUT2D eigenvalue weighted by atomic mass is 10.1. The summed E-state index contributed by atoms with van der Waals surface area (Å²) in [5, 5.41) is 2.03. The number of imide groups is 1. The summed E-state index contributed by atoms with van der Waals surface area (Å²) in [6.45, 7) is 4.11. The summed E-state index contributed by atoms with van der Waals surface area (Å²) in [7, 11) is 0. The zero-order valence-electron chi connectivity index (χ0n) is 9.26. The van der Waals surface area contributed by atoms with E-state index in [1.54, 1.807) is 0 Å². The van der Waals surface area contributed by atoms with E-state index in [1.807, 2.05) is 6.92 Å². The molecule has 0 spiro atoms. The van der Waals surface area contributed by atoms with Crippen molar-refractivity contribution in [3.63, 3.8) is 0 Å². The van der Waals surface area contributed by atoms with Crippen molar-refractivity contribution >= 4 is 22.9 Å². The van der Waals surface area contributed by atoms with Crippen LogP contribution in [0.2, 0.25) is 0 Å². The van der Waals surface area contributed by atoms with Gasteiger partial charge in [-0.25, -0.2) is 0 Å². The monoisotopic (exact) mass is 227 g/mol. The van der Waals surface area contributed by atoms with Crippen LogP contribution in [0.1, 0.15) is 46.0 Å². The number of hydrogen-bond donors (Lipinski definition) is 1. The molecule has 1 aliphatic rings. The fraction of sp³-hybridized carbons (Fsp3) is 0.636. The van der Waals surface area contributed by atoms with Crippen molar-refractivity contribution in [1.29, 1.82) is 0 Å². The molecule has 1 N–H and O–H groups in total. The topological polar surface area (TPSA) is 46.2 Å². The van der Waals surface area contributed by atoms with E-state index in [-0.39, 0.29) is 11.1 Å². The molecule has 1 aliphatic heterocycles. The highest BCUT2D eigenvalue weighted by atomic mass is 32.2. The van der Waals surface area contributed by atoms with E-state index in [0.29, 0.717) is 4.91 Å². The van der Waals surface area contributed by atoms with E-state index in [4.69, 9.17) is 0 Å². The van der Waals surface area contributed by atoms with Crippen molar-refractivity contribution in [2.24, 2.45) is 0 Å². The molecule has 0 bridgehead atoms. The fourth-order valence-corrected chi connectivity index (χ4v) is 2.27. The largest absolute Gasteiger partial charge is 0.290 e. The molecule has 0 radical (unpaired) electrons. The highest BCUT2D eigenvalue weighted by Crippen LogP contribution is 2.28. The first-order valence-electron chi connectivity index (χ1n) is 5.38. The van der Waals surface area contributed by atoms with Crippen LogP contribution in [0.3, 0.4) is 0 Å². The van der Waals surface area contributed by atoms with Crippen LogP contribution in [0.5, 0.6) is 0 Å². The van der Waals surface area contributed by atoms with Crippen molar-refractivity contribution in [2.45, 2.75) is 46.0 Å². The number of unbranched alkanes of at least 4 members (excludes halogenated alkanes) is 3. The Balaban J connectivity index is 2.43. The molecular formula is C11H17NO2S. The standard InChI is InChI=1S/C11H17NO2S/c1-3-4-5-6-7-8(2)9-10(13)12-11(14)15-9/h3-7H2,1-2H3,(H,12,13,14)/b9-8+. The third-order valence-electron chi connectivity index (χ3n) is 2.41. The van der Waals surface area contributed by atoms with Crippen LogP contribution in [-0.2, 0) is 4.79 Å². The Morgan fingerprint density at radius 3 is 2.53 bits per heavy atom. The summed E-state index contributed by atoms with van der Waals surface area (Å²) >= 11 is 1.03. The third kappa shape index (κ3) is 3.70. The van der Waals surface area contributed by atoms with Crippen molar-refractivity contribution in [3.05, 3.63) is 10.5 Å². The van der Waals surface area contributed by atoms with Gasteiger partial charge in [0.1, 0.15) is 0 Å². The minimum Gasteiger partial charge on any atom is -0.282 e. The zero-order chi connectivity index (χ0) is 11.3. The van der Waals surface area contributed by atoms with E-state index < -0.39 is 0 Å². The van der Waals surface area contributed by atoms with E-state index in [0.717, 1.165) is 30.2 Å². The molecule has 1 fully saturated rings. The summed E-state index contributed by atoms with van der Waals surface area (Å²) in [5.74, 6) is -0.224. The molecule has 1 heterocycles. The molecule has 0 aliphatic carbocycles. The number of carbonyl (C=O) groups is 2. The maximum Gasteiger partial charge on any atom is 0.290 e. The molecule has 4 heteroatoms. The van der Waals surface area contributed by atoms with E-state index in [9.17, 15) is 9.59 Å². The van der Waals surface area contributed by atoms with Crippen molar-refractivity contribution in [1.82, 2.24) is 5.32 Å². The Labute approximate surface area is 94.7 Å². The van der Waals surface area contributed by atoms with Gasteiger partial charge in [0, 0.05) is 0 Å². The second kappa shape index (κ2) is 5.95. The Bertz CT molecular complexity index is 297. The molecule has 0 unspecified atom stereocenters. The average molecular weight is 227 g/mol. The van der Waals surface area contributed by atoms with Crippen LogP contribution in [0.25, 0.3) is 0 Å². The van der Waals surface area contributed by atoms with Gasteiger partial charge in [-0.2, -0.15) is 0 Å². The van der Waals surface area contributed by atoms with Gasteiger partial charge >= 0.3 is 0 Å². The van der Waals surface area contributed by atoms with Gasteiger partial charge in [0.05, 0.1) is 4.91 Å². The lowest BCUT2D eigenvalue weighted by Crippen LogP contribution is -2.18. The molecule has 0 aromatic rings. The number of thioether (sulfide) groups is 1. The van der Waals surface area contributed by atoms with Gasteiger partial charge in [0.2, 0.25) is 0 Å². The zero-order valence-corrected chi connectivity index (χ0v) is 10.1. The summed E-state index contributed by atoms with van der Waals surface area (Å²) in [5.41, 5.74) is 1.04.